The van der Waals surface area contributed by atoms with Crippen LogP contribution >= 0.6 is 0 Å². The fourth-order valence-electron chi connectivity index (χ4n) is 2.49. The zero-order valence-corrected chi connectivity index (χ0v) is 15.1. The summed E-state index contributed by atoms with van der Waals surface area (Å²) in [4.78, 5) is 2.39. The van der Waals surface area contributed by atoms with Crippen molar-refractivity contribution in [2.75, 3.05) is 13.1 Å². The van der Waals surface area contributed by atoms with Crippen molar-refractivity contribution in [1.82, 2.24) is 4.90 Å². The summed E-state index contributed by atoms with van der Waals surface area (Å²) in [6.07, 6.45) is 18.5. The zero-order valence-electron chi connectivity index (χ0n) is 15.1. The van der Waals surface area contributed by atoms with Crippen molar-refractivity contribution in [2.45, 2.75) is 51.9 Å². The largest absolute Gasteiger partial charge is 0.374 e. The van der Waals surface area contributed by atoms with Gasteiger partial charge in [0.25, 0.3) is 0 Å². The molecule has 146 valence electrons. The molecule has 1 aliphatic rings. The molecule has 1 aromatic carbocycles. The lowest BCUT2D eigenvalue weighted by atomic mass is 10.1. The van der Waals surface area contributed by atoms with E-state index in [2.05, 4.69) is 36.3 Å². The van der Waals surface area contributed by atoms with E-state index in [4.69, 9.17) is 0 Å². The molecule has 2 rings (SSSR count). The van der Waals surface area contributed by atoms with Crippen LogP contribution in [0, 0.1) is 29.1 Å². The predicted octanol–water partition coefficient (Wildman–Crippen LogP) is 6.50. The highest BCUT2D eigenvalue weighted by Crippen LogP contribution is 2.16. The molecule has 0 amide bonds. The smallest absolute Gasteiger partial charge is 0.200 e. The molecule has 0 atom stereocenters. The van der Waals surface area contributed by atoms with Gasteiger partial charge in [-0.1, -0.05) is 57.6 Å². The van der Waals surface area contributed by atoms with Crippen LogP contribution in [0.1, 0.15) is 51.9 Å². The summed E-state index contributed by atoms with van der Waals surface area (Å²) in [5.74, 6) is -9.65. The molecule has 0 radical (unpaired) electrons. The van der Waals surface area contributed by atoms with Crippen molar-refractivity contribution < 1.29 is 22.0 Å². The Bertz CT molecular complexity index is 572. The quantitative estimate of drug-likeness (QED) is 0.217. The second-order valence-electron chi connectivity index (χ2n) is 6.17. The normalized spacial score (nSPS) is 12.9. The molecule has 6 heteroatoms. The first kappa shape index (κ1) is 22.2. The minimum atomic E-state index is -2.14. The maximum atomic E-state index is 12.0. The minimum Gasteiger partial charge on any atom is -0.374 e. The third kappa shape index (κ3) is 8.02. The Labute approximate surface area is 152 Å². The molecule has 1 heterocycles. The molecule has 0 saturated heterocycles. The van der Waals surface area contributed by atoms with E-state index in [0.29, 0.717) is 0 Å². The number of unbranched alkanes of at least 4 members (excludes halogenated alkanes) is 6. The van der Waals surface area contributed by atoms with E-state index in [0.717, 1.165) is 6.54 Å². The lowest BCUT2D eigenvalue weighted by molar-refractivity contribution is 0.378. The molecule has 0 unspecified atom stereocenters. The molecule has 0 aromatic heterocycles. The molecule has 0 N–H and O–H groups in total. The third-order valence-corrected chi connectivity index (χ3v) is 3.99. The molecule has 0 bridgehead atoms. The number of nitrogens with zero attached hydrogens (tertiary/aromatic N) is 1. The standard InChI is InChI=1S/C14H25N.C6HF5/c1-2-3-4-5-6-7-9-12-15-13-10-8-11-14-15;7-2-1-3(8)5(10)6(11)4(2)9/h8,10-11,13H,2-7,9,12,14H2,1H3;1H. The molecule has 26 heavy (non-hydrogen) atoms. The highest BCUT2D eigenvalue weighted by atomic mass is 19.2. The molecule has 0 aliphatic carbocycles. The average molecular weight is 375 g/mol. The van der Waals surface area contributed by atoms with Crippen LogP contribution < -0.4 is 0 Å². The SMILES string of the molecule is CCCCCCCCCN1C=CC=CC1.Fc1cc(F)c(F)c(F)c1F. The van der Waals surface area contributed by atoms with Gasteiger partial charge in [0.05, 0.1) is 0 Å². The number of halogens is 5. The number of benzene rings is 1. The second kappa shape index (κ2) is 12.5. The Balaban J connectivity index is 0.000000273. The summed E-state index contributed by atoms with van der Waals surface area (Å²) in [5, 5.41) is 0. The highest BCUT2D eigenvalue weighted by molar-refractivity contribution is 5.12. The van der Waals surface area contributed by atoms with Gasteiger partial charge in [-0.05, 0) is 18.7 Å². The highest BCUT2D eigenvalue weighted by Gasteiger charge is 2.18. The number of rotatable bonds is 8. The van der Waals surface area contributed by atoms with Gasteiger partial charge in [-0.15, -0.1) is 0 Å². The molecule has 0 saturated carbocycles. The van der Waals surface area contributed by atoms with E-state index >= 15 is 0 Å². The van der Waals surface area contributed by atoms with Crippen molar-refractivity contribution >= 4 is 0 Å². The fraction of sp³-hybridized carbons (Fsp3) is 0.500. The summed E-state index contributed by atoms with van der Waals surface area (Å²) < 4.78 is 60.0. The monoisotopic (exact) mass is 375 g/mol. The fourth-order valence-corrected chi connectivity index (χ4v) is 2.49. The third-order valence-electron chi connectivity index (χ3n) is 3.99. The maximum absolute atomic E-state index is 12.0. The molecule has 1 aliphatic heterocycles. The summed E-state index contributed by atoms with van der Waals surface area (Å²) in [6.45, 7) is 4.61. The lowest BCUT2D eigenvalue weighted by Crippen LogP contribution is -2.19. The Hall–Kier alpha value is -1.85. The van der Waals surface area contributed by atoms with Gasteiger partial charge in [-0.3, -0.25) is 0 Å². The average Bonchev–Trinajstić information content (AvgIpc) is 2.65. The van der Waals surface area contributed by atoms with Crippen LogP contribution in [0.5, 0.6) is 0 Å². The maximum Gasteiger partial charge on any atom is 0.200 e. The Kier molecular flexibility index (Phi) is 10.7. The first-order valence-electron chi connectivity index (χ1n) is 9.03. The van der Waals surface area contributed by atoms with E-state index < -0.39 is 29.1 Å². The van der Waals surface area contributed by atoms with Gasteiger partial charge < -0.3 is 4.90 Å². The van der Waals surface area contributed by atoms with E-state index in [1.54, 1.807) is 0 Å². The van der Waals surface area contributed by atoms with Gasteiger partial charge in [0.1, 0.15) is 0 Å². The second-order valence-corrected chi connectivity index (χ2v) is 6.17. The van der Waals surface area contributed by atoms with E-state index in [-0.39, 0.29) is 6.07 Å². The van der Waals surface area contributed by atoms with Crippen LogP contribution in [0.15, 0.2) is 30.5 Å². The van der Waals surface area contributed by atoms with Crippen molar-refractivity contribution in [2.24, 2.45) is 0 Å². The zero-order chi connectivity index (χ0) is 19.4. The number of hydrogen-bond donors (Lipinski definition) is 0. The van der Waals surface area contributed by atoms with Crippen molar-refractivity contribution in [3.63, 3.8) is 0 Å². The van der Waals surface area contributed by atoms with Crippen LogP contribution in [-0.2, 0) is 0 Å². The van der Waals surface area contributed by atoms with Crippen molar-refractivity contribution in [3.8, 4) is 0 Å². The van der Waals surface area contributed by atoms with E-state index in [1.165, 1.54) is 51.5 Å². The van der Waals surface area contributed by atoms with Crippen molar-refractivity contribution in [1.29, 1.82) is 0 Å². The van der Waals surface area contributed by atoms with Gasteiger partial charge in [-0.25, -0.2) is 22.0 Å². The van der Waals surface area contributed by atoms with Gasteiger partial charge >= 0.3 is 0 Å². The van der Waals surface area contributed by atoms with Crippen LogP contribution in [0.2, 0.25) is 0 Å². The Morgan fingerprint density at radius 2 is 1.35 bits per heavy atom. The molecule has 0 spiro atoms. The molecule has 0 fully saturated rings. The molecular formula is C20H26F5N. The predicted molar refractivity (Wildman–Crippen MR) is 94.1 cm³/mol. The van der Waals surface area contributed by atoms with E-state index in [1.807, 2.05) is 0 Å². The van der Waals surface area contributed by atoms with Gasteiger partial charge in [0.15, 0.2) is 23.3 Å². The summed E-state index contributed by atoms with van der Waals surface area (Å²) in [6, 6.07) is -0.0618. The first-order chi connectivity index (χ1) is 12.5. The van der Waals surface area contributed by atoms with Crippen LogP contribution in [0.4, 0.5) is 22.0 Å². The van der Waals surface area contributed by atoms with Gasteiger partial charge in [0, 0.05) is 19.2 Å². The Morgan fingerprint density at radius 3 is 1.88 bits per heavy atom. The topological polar surface area (TPSA) is 3.24 Å². The van der Waals surface area contributed by atoms with E-state index in [9.17, 15) is 22.0 Å². The number of hydrogen-bond acceptors (Lipinski definition) is 1. The Morgan fingerprint density at radius 1 is 0.769 bits per heavy atom. The molecule has 1 aromatic rings. The van der Waals surface area contributed by atoms with Crippen LogP contribution in [0.25, 0.3) is 0 Å². The summed E-state index contributed by atoms with van der Waals surface area (Å²) >= 11 is 0. The van der Waals surface area contributed by atoms with Crippen LogP contribution in [-0.4, -0.2) is 18.0 Å². The summed E-state index contributed by atoms with van der Waals surface area (Å²) in [5.41, 5.74) is 0. The molecular weight excluding hydrogens is 349 g/mol. The van der Waals surface area contributed by atoms with Crippen LogP contribution in [0.3, 0.4) is 0 Å². The van der Waals surface area contributed by atoms with Crippen molar-refractivity contribution in [3.05, 3.63) is 59.6 Å². The lowest BCUT2D eigenvalue weighted by Gasteiger charge is -2.20. The summed E-state index contributed by atoms with van der Waals surface area (Å²) in [7, 11) is 0. The van der Waals surface area contributed by atoms with Gasteiger partial charge in [0.2, 0.25) is 5.82 Å². The molecule has 1 nitrogen and oxygen atoms in total. The number of allylic oxidation sites excluding steroid dienone is 2. The van der Waals surface area contributed by atoms with Gasteiger partial charge in [-0.2, -0.15) is 0 Å². The first-order valence-corrected chi connectivity index (χ1v) is 9.03. The minimum absolute atomic E-state index is 0.0618.